The predicted octanol–water partition coefficient (Wildman–Crippen LogP) is 3.48. The first-order chi connectivity index (χ1) is 16.0. The van der Waals surface area contributed by atoms with Crippen LogP contribution in [0.15, 0.2) is 66.7 Å². The second kappa shape index (κ2) is 9.57. The molecule has 1 saturated heterocycles. The topological polar surface area (TPSA) is 96.7 Å². The van der Waals surface area contributed by atoms with E-state index in [-0.39, 0.29) is 17.7 Å². The van der Waals surface area contributed by atoms with Gasteiger partial charge in [0.15, 0.2) is 0 Å². The number of nitriles is 1. The number of anilines is 2. The van der Waals surface area contributed by atoms with E-state index in [0.717, 1.165) is 12.8 Å². The summed E-state index contributed by atoms with van der Waals surface area (Å²) in [6, 6.07) is 16.6. The van der Waals surface area contributed by atoms with Crippen LogP contribution in [-0.4, -0.2) is 40.1 Å². The van der Waals surface area contributed by atoms with E-state index in [2.05, 4.69) is 11.5 Å². The highest BCUT2D eigenvalue weighted by Crippen LogP contribution is 2.36. The van der Waals surface area contributed by atoms with E-state index >= 15 is 0 Å². The fourth-order valence-electron chi connectivity index (χ4n) is 4.74. The summed E-state index contributed by atoms with van der Waals surface area (Å²) in [5.74, 6) is -1.23. The van der Waals surface area contributed by atoms with Crippen LogP contribution in [0.2, 0.25) is 0 Å². The van der Waals surface area contributed by atoms with Crippen molar-refractivity contribution in [3.05, 3.63) is 72.3 Å². The lowest BCUT2D eigenvalue weighted by molar-refractivity contribution is -0.123. The fraction of sp³-hybridized carbons (Fsp3) is 0.346. The SMILES string of the molecule is CCC(CC)C(O)C1C=CC2C(=O)N(c3ccccc3)C(=O)C2N1Nc1ccc(C#N)cc1. The van der Waals surface area contributed by atoms with E-state index < -0.39 is 24.1 Å². The third kappa shape index (κ3) is 4.15. The van der Waals surface area contributed by atoms with Gasteiger partial charge in [-0.1, -0.05) is 57.0 Å². The van der Waals surface area contributed by atoms with Crippen LogP contribution in [0.25, 0.3) is 0 Å². The number of aliphatic hydroxyl groups excluding tert-OH is 1. The van der Waals surface area contributed by atoms with Crippen LogP contribution in [0.3, 0.4) is 0 Å². The first-order valence-electron chi connectivity index (χ1n) is 11.3. The van der Waals surface area contributed by atoms with Gasteiger partial charge in [-0.05, 0) is 42.3 Å². The number of hydrogen-bond donors (Lipinski definition) is 2. The summed E-state index contributed by atoms with van der Waals surface area (Å²) >= 11 is 0. The summed E-state index contributed by atoms with van der Waals surface area (Å²) in [7, 11) is 0. The molecule has 4 unspecified atom stereocenters. The highest BCUT2D eigenvalue weighted by Gasteiger charge is 2.54. The van der Waals surface area contributed by atoms with E-state index in [1.54, 1.807) is 59.6 Å². The van der Waals surface area contributed by atoms with Crippen molar-refractivity contribution in [1.82, 2.24) is 5.01 Å². The number of amides is 2. The first kappa shape index (κ1) is 22.7. The zero-order valence-corrected chi connectivity index (χ0v) is 18.8. The van der Waals surface area contributed by atoms with Crippen LogP contribution in [0.1, 0.15) is 32.3 Å². The van der Waals surface area contributed by atoms with Crippen LogP contribution in [0.5, 0.6) is 0 Å². The van der Waals surface area contributed by atoms with Crippen molar-refractivity contribution in [3.63, 3.8) is 0 Å². The summed E-state index contributed by atoms with van der Waals surface area (Å²) in [5, 5.41) is 22.0. The molecule has 0 radical (unpaired) electrons. The molecule has 2 aliphatic rings. The van der Waals surface area contributed by atoms with Crippen molar-refractivity contribution in [2.75, 3.05) is 10.3 Å². The van der Waals surface area contributed by atoms with Crippen molar-refractivity contribution < 1.29 is 14.7 Å². The molecule has 7 nitrogen and oxygen atoms in total. The van der Waals surface area contributed by atoms with Gasteiger partial charge in [-0.3, -0.25) is 9.59 Å². The number of hydrazine groups is 1. The minimum Gasteiger partial charge on any atom is -0.391 e. The summed E-state index contributed by atoms with van der Waals surface area (Å²) in [6.07, 6.45) is 4.46. The minimum atomic E-state index is -0.799. The lowest BCUT2D eigenvalue weighted by Crippen LogP contribution is -2.58. The van der Waals surface area contributed by atoms with E-state index in [1.165, 1.54) is 4.90 Å². The third-order valence-electron chi connectivity index (χ3n) is 6.62. The van der Waals surface area contributed by atoms with E-state index in [1.807, 2.05) is 26.0 Å². The summed E-state index contributed by atoms with van der Waals surface area (Å²) in [4.78, 5) is 28.1. The summed E-state index contributed by atoms with van der Waals surface area (Å²) in [6.45, 7) is 4.07. The number of benzene rings is 2. The van der Waals surface area contributed by atoms with Gasteiger partial charge in [0.2, 0.25) is 5.91 Å². The van der Waals surface area contributed by atoms with Gasteiger partial charge in [0.1, 0.15) is 6.04 Å². The average molecular weight is 445 g/mol. The van der Waals surface area contributed by atoms with Gasteiger partial charge < -0.3 is 10.5 Å². The van der Waals surface area contributed by atoms with Gasteiger partial charge in [0.25, 0.3) is 5.91 Å². The standard InChI is InChI=1S/C26H28N4O3/c1-3-18(4-2)24(31)22-15-14-21-23(30(22)28-19-12-10-17(16-27)11-13-19)26(33)29(25(21)32)20-8-6-5-7-9-20/h5-15,18,21-24,28,31H,3-4H2,1-2H3. The van der Waals surface area contributed by atoms with Crippen molar-refractivity contribution >= 4 is 23.2 Å². The Morgan fingerprint density at radius 2 is 1.67 bits per heavy atom. The second-order valence-corrected chi connectivity index (χ2v) is 8.47. The molecule has 2 aromatic rings. The monoisotopic (exact) mass is 444 g/mol. The first-order valence-corrected chi connectivity index (χ1v) is 11.3. The molecular formula is C26H28N4O3. The van der Waals surface area contributed by atoms with Crippen molar-refractivity contribution in [2.24, 2.45) is 11.8 Å². The smallest absolute Gasteiger partial charge is 0.254 e. The Balaban J connectivity index is 1.72. The second-order valence-electron chi connectivity index (χ2n) is 8.47. The number of para-hydroxylation sites is 1. The van der Waals surface area contributed by atoms with Crippen molar-refractivity contribution in [2.45, 2.75) is 44.9 Å². The molecular weight excluding hydrogens is 416 g/mol. The van der Waals surface area contributed by atoms with Crippen molar-refractivity contribution in [3.8, 4) is 6.07 Å². The van der Waals surface area contributed by atoms with Gasteiger partial charge in [-0.2, -0.15) is 5.26 Å². The Morgan fingerprint density at radius 1 is 1.00 bits per heavy atom. The molecule has 0 aliphatic carbocycles. The van der Waals surface area contributed by atoms with Gasteiger partial charge in [-0.15, -0.1) is 0 Å². The van der Waals surface area contributed by atoms with Crippen LogP contribution in [0.4, 0.5) is 11.4 Å². The molecule has 4 atom stereocenters. The highest BCUT2D eigenvalue weighted by molar-refractivity contribution is 6.24. The lowest BCUT2D eigenvalue weighted by Gasteiger charge is -2.42. The molecule has 0 spiro atoms. The molecule has 0 bridgehead atoms. The number of carbonyl (C=O) groups is 2. The number of nitrogens with one attached hydrogen (secondary N) is 1. The number of hydrogen-bond acceptors (Lipinski definition) is 6. The van der Waals surface area contributed by atoms with Gasteiger partial charge in [0, 0.05) is 5.69 Å². The third-order valence-corrected chi connectivity index (χ3v) is 6.62. The largest absolute Gasteiger partial charge is 0.391 e. The summed E-state index contributed by atoms with van der Waals surface area (Å²) < 4.78 is 0. The van der Waals surface area contributed by atoms with E-state index in [0.29, 0.717) is 16.9 Å². The molecule has 0 aromatic heterocycles. The molecule has 4 rings (SSSR count). The molecule has 1 fully saturated rings. The number of nitrogens with zero attached hydrogens (tertiary/aromatic N) is 3. The lowest BCUT2D eigenvalue weighted by atomic mass is 9.86. The molecule has 2 heterocycles. The van der Waals surface area contributed by atoms with Crippen molar-refractivity contribution in [1.29, 1.82) is 5.26 Å². The fourth-order valence-corrected chi connectivity index (χ4v) is 4.74. The van der Waals surface area contributed by atoms with Gasteiger partial charge in [-0.25, -0.2) is 9.91 Å². The molecule has 2 N–H and O–H groups in total. The molecule has 7 heteroatoms. The van der Waals surface area contributed by atoms with Crippen LogP contribution in [0, 0.1) is 23.2 Å². The highest BCUT2D eigenvalue weighted by atomic mass is 16.3. The number of fused-ring (bicyclic) bond motifs is 1. The Kier molecular flexibility index (Phi) is 6.59. The number of carbonyl (C=O) groups excluding carboxylic acids is 2. The Hall–Kier alpha value is -3.47. The predicted molar refractivity (Wildman–Crippen MR) is 126 cm³/mol. The molecule has 170 valence electrons. The van der Waals surface area contributed by atoms with E-state index in [4.69, 9.17) is 5.26 Å². The Morgan fingerprint density at radius 3 is 2.27 bits per heavy atom. The van der Waals surface area contributed by atoms with E-state index in [9.17, 15) is 14.7 Å². The molecule has 2 aliphatic heterocycles. The number of imide groups is 1. The number of rotatable bonds is 7. The maximum Gasteiger partial charge on any atom is 0.254 e. The zero-order chi connectivity index (χ0) is 23.5. The zero-order valence-electron chi connectivity index (χ0n) is 18.8. The Labute approximate surface area is 193 Å². The van der Waals surface area contributed by atoms with Crippen LogP contribution in [-0.2, 0) is 9.59 Å². The molecule has 2 aromatic carbocycles. The maximum atomic E-state index is 13.6. The molecule has 2 amide bonds. The quantitative estimate of drug-likeness (QED) is 0.501. The molecule has 33 heavy (non-hydrogen) atoms. The average Bonchev–Trinajstić information content (AvgIpc) is 3.11. The summed E-state index contributed by atoms with van der Waals surface area (Å²) in [5.41, 5.74) is 5.00. The van der Waals surface area contributed by atoms with Crippen LogP contribution < -0.4 is 10.3 Å². The van der Waals surface area contributed by atoms with Gasteiger partial charge >= 0.3 is 0 Å². The van der Waals surface area contributed by atoms with Gasteiger partial charge in [0.05, 0.1) is 35.4 Å². The molecule has 0 saturated carbocycles. The number of aliphatic hydroxyl groups is 1. The normalized spacial score (nSPS) is 23.5. The Bertz CT molecular complexity index is 1070. The minimum absolute atomic E-state index is 0.0406. The maximum absolute atomic E-state index is 13.6. The van der Waals surface area contributed by atoms with Crippen LogP contribution >= 0.6 is 0 Å².